The van der Waals surface area contributed by atoms with Crippen molar-refractivity contribution in [1.82, 2.24) is 5.32 Å². The monoisotopic (exact) mass is 276 g/mol. The molecule has 0 radical (unpaired) electrons. The van der Waals surface area contributed by atoms with Crippen molar-refractivity contribution in [3.8, 4) is 0 Å². The molecule has 0 fully saturated rings. The van der Waals surface area contributed by atoms with E-state index in [4.69, 9.17) is 5.73 Å². The number of unbranched alkanes of at least 4 members (excludes halogenated alkanes) is 1. The number of carbonyl (C=O) groups excluding carboxylic acids is 1. The fourth-order valence-electron chi connectivity index (χ4n) is 1.73. The Morgan fingerprint density at radius 3 is 2.44 bits per heavy atom. The predicted molar refractivity (Wildman–Crippen MR) is 74.7 cm³/mol. The molecule has 1 atom stereocenters. The highest BCUT2D eigenvalue weighted by Gasteiger charge is 2.32. The van der Waals surface area contributed by atoms with Crippen molar-refractivity contribution in [1.29, 1.82) is 0 Å². The second kappa shape index (κ2) is 8.37. The number of thioether (sulfide) groups is 1. The zero-order chi connectivity index (χ0) is 14.2. The smallest absolute Gasteiger partial charge is 0.323 e. The molecule has 1 amide bonds. The van der Waals surface area contributed by atoms with Gasteiger partial charge >= 0.3 is 5.97 Å². The molecule has 0 bridgehead atoms. The highest BCUT2D eigenvalue weighted by atomic mass is 32.2. The summed E-state index contributed by atoms with van der Waals surface area (Å²) in [6.45, 7) is 5.58. The third-order valence-corrected chi connectivity index (χ3v) is 3.61. The van der Waals surface area contributed by atoms with Gasteiger partial charge in [0.05, 0.1) is 5.75 Å². The van der Waals surface area contributed by atoms with Crippen LogP contribution in [0.3, 0.4) is 0 Å². The second-order valence-corrected chi connectivity index (χ2v) is 6.02. The SMILES string of the molecule is CC(C)NC(C)(CCCCSCC(N)=O)C(=O)O. The van der Waals surface area contributed by atoms with Crippen LogP contribution >= 0.6 is 11.8 Å². The molecule has 18 heavy (non-hydrogen) atoms. The van der Waals surface area contributed by atoms with E-state index in [9.17, 15) is 14.7 Å². The van der Waals surface area contributed by atoms with E-state index in [-0.39, 0.29) is 11.9 Å². The second-order valence-electron chi connectivity index (χ2n) is 4.91. The van der Waals surface area contributed by atoms with Crippen LogP contribution in [0.4, 0.5) is 0 Å². The summed E-state index contributed by atoms with van der Waals surface area (Å²) in [6.07, 6.45) is 2.28. The largest absolute Gasteiger partial charge is 0.480 e. The van der Waals surface area contributed by atoms with Crippen LogP contribution in [0.5, 0.6) is 0 Å². The zero-order valence-electron chi connectivity index (χ0n) is 11.4. The highest BCUT2D eigenvalue weighted by molar-refractivity contribution is 7.99. The highest BCUT2D eigenvalue weighted by Crippen LogP contribution is 2.16. The number of primary amides is 1. The van der Waals surface area contributed by atoms with Crippen molar-refractivity contribution in [2.24, 2.45) is 5.73 Å². The maximum absolute atomic E-state index is 11.2. The van der Waals surface area contributed by atoms with Crippen LogP contribution < -0.4 is 11.1 Å². The summed E-state index contributed by atoms with van der Waals surface area (Å²) in [5, 5.41) is 12.3. The van der Waals surface area contributed by atoms with E-state index < -0.39 is 11.5 Å². The van der Waals surface area contributed by atoms with Crippen molar-refractivity contribution >= 4 is 23.6 Å². The van der Waals surface area contributed by atoms with Gasteiger partial charge in [-0.25, -0.2) is 0 Å². The maximum atomic E-state index is 11.2. The van der Waals surface area contributed by atoms with Gasteiger partial charge in [-0.3, -0.25) is 14.9 Å². The van der Waals surface area contributed by atoms with Crippen LogP contribution in [0.2, 0.25) is 0 Å². The third kappa shape index (κ3) is 7.55. The lowest BCUT2D eigenvalue weighted by atomic mass is 9.94. The first-order chi connectivity index (χ1) is 8.28. The molecule has 0 aromatic rings. The van der Waals surface area contributed by atoms with Gasteiger partial charge in [0.1, 0.15) is 5.54 Å². The molecule has 1 unspecified atom stereocenters. The summed E-state index contributed by atoms with van der Waals surface area (Å²) in [5.74, 6) is 0.0404. The Morgan fingerprint density at radius 1 is 1.39 bits per heavy atom. The Kier molecular flexibility index (Phi) is 8.02. The molecule has 0 aliphatic carbocycles. The van der Waals surface area contributed by atoms with E-state index in [2.05, 4.69) is 5.32 Å². The molecule has 106 valence electrons. The Hall–Kier alpha value is -0.750. The van der Waals surface area contributed by atoms with E-state index >= 15 is 0 Å². The molecule has 6 heteroatoms. The Labute approximate surface area is 113 Å². The first-order valence-electron chi connectivity index (χ1n) is 6.15. The minimum Gasteiger partial charge on any atom is -0.480 e. The zero-order valence-corrected chi connectivity index (χ0v) is 12.2. The quantitative estimate of drug-likeness (QED) is 0.522. The lowest BCUT2D eigenvalue weighted by Gasteiger charge is -2.28. The van der Waals surface area contributed by atoms with Gasteiger partial charge in [0, 0.05) is 6.04 Å². The molecule has 0 rings (SSSR count). The number of nitrogens with two attached hydrogens (primary N) is 1. The number of rotatable bonds is 10. The molecule has 5 nitrogen and oxygen atoms in total. The fourth-order valence-corrected chi connectivity index (χ4v) is 2.49. The lowest BCUT2D eigenvalue weighted by Crippen LogP contribution is -2.52. The van der Waals surface area contributed by atoms with E-state index in [0.717, 1.165) is 18.6 Å². The molecule has 0 aromatic carbocycles. The van der Waals surface area contributed by atoms with Crippen LogP contribution in [-0.4, -0.2) is 40.1 Å². The van der Waals surface area contributed by atoms with Crippen molar-refractivity contribution in [3.05, 3.63) is 0 Å². The van der Waals surface area contributed by atoms with Crippen molar-refractivity contribution in [2.45, 2.75) is 51.6 Å². The van der Waals surface area contributed by atoms with E-state index in [0.29, 0.717) is 12.2 Å². The summed E-state index contributed by atoms with van der Waals surface area (Å²) in [5.41, 5.74) is 4.15. The minimum atomic E-state index is -0.872. The van der Waals surface area contributed by atoms with E-state index in [1.165, 1.54) is 11.8 Å². The maximum Gasteiger partial charge on any atom is 0.323 e. The van der Waals surface area contributed by atoms with Crippen molar-refractivity contribution in [2.75, 3.05) is 11.5 Å². The molecule has 0 aromatic heterocycles. The molecular weight excluding hydrogens is 252 g/mol. The number of carboxylic acid groups (broad SMARTS) is 1. The molecule has 0 aliphatic heterocycles. The van der Waals surface area contributed by atoms with Crippen LogP contribution in [0.15, 0.2) is 0 Å². The standard InChI is InChI=1S/C12H24N2O3S/c1-9(2)14-12(3,11(16)17)6-4-5-7-18-8-10(13)15/h9,14H,4-8H2,1-3H3,(H2,13,15)(H,16,17). The van der Waals surface area contributed by atoms with Crippen LogP contribution in [0.1, 0.15) is 40.0 Å². The molecule has 0 saturated heterocycles. The molecular formula is C12H24N2O3S. The number of hydrogen-bond acceptors (Lipinski definition) is 4. The molecule has 4 N–H and O–H groups in total. The minimum absolute atomic E-state index is 0.135. The summed E-state index contributed by atoms with van der Waals surface area (Å²) in [4.78, 5) is 21.8. The van der Waals surface area contributed by atoms with Gasteiger partial charge < -0.3 is 10.8 Å². The Balaban J connectivity index is 3.91. The van der Waals surface area contributed by atoms with Crippen LogP contribution in [0.25, 0.3) is 0 Å². The van der Waals surface area contributed by atoms with Gasteiger partial charge in [0.15, 0.2) is 0 Å². The lowest BCUT2D eigenvalue weighted by molar-refractivity contribution is -0.144. The topological polar surface area (TPSA) is 92.4 Å². The number of aliphatic carboxylic acids is 1. The average Bonchev–Trinajstić information content (AvgIpc) is 2.21. The molecule has 0 spiro atoms. The van der Waals surface area contributed by atoms with Gasteiger partial charge in [0.25, 0.3) is 0 Å². The number of carboxylic acids is 1. The first-order valence-corrected chi connectivity index (χ1v) is 7.30. The number of amides is 1. The molecule has 0 heterocycles. The Morgan fingerprint density at radius 2 is 2.00 bits per heavy atom. The van der Waals surface area contributed by atoms with Gasteiger partial charge in [0.2, 0.25) is 5.91 Å². The van der Waals surface area contributed by atoms with E-state index in [1.54, 1.807) is 6.92 Å². The van der Waals surface area contributed by atoms with Gasteiger partial charge in [-0.15, -0.1) is 0 Å². The van der Waals surface area contributed by atoms with Gasteiger partial charge in [-0.1, -0.05) is 6.42 Å². The summed E-state index contributed by atoms with van der Waals surface area (Å²) in [7, 11) is 0. The van der Waals surface area contributed by atoms with Gasteiger partial charge in [-0.05, 0) is 39.4 Å². The average molecular weight is 276 g/mol. The van der Waals surface area contributed by atoms with Gasteiger partial charge in [-0.2, -0.15) is 11.8 Å². The predicted octanol–water partition coefficient (Wildman–Crippen LogP) is 1.22. The fraction of sp³-hybridized carbons (Fsp3) is 0.833. The van der Waals surface area contributed by atoms with E-state index in [1.807, 2.05) is 13.8 Å². The first kappa shape index (κ1) is 17.2. The Bertz CT molecular complexity index is 284. The summed E-state index contributed by atoms with van der Waals surface area (Å²) in [6, 6.07) is 0.135. The van der Waals surface area contributed by atoms with Crippen molar-refractivity contribution < 1.29 is 14.7 Å². The van der Waals surface area contributed by atoms with Crippen molar-refractivity contribution in [3.63, 3.8) is 0 Å². The number of nitrogens with one attached hydrogen (secondary N) is 1. The normalized spacial score (nSPS) is 14.4. The number of hydrogen-bond donors (Lipinski definition) is 3. The van der Waals surface area contributed by atoms with Crippen LogP contribution in [-0.2, 0) is 9.59 Å². The van der Waals surface area contributed by atoms with Crippen LogP contribution in [0, 0.1) is 0 Å². The summed E-state index contributed by atoms with van der Waals surface area (Å²) < 4.78 is 0. The molecule has 0 saturated carbocycles. The summed E-state index contributed by atoms with van der Waals surface area (Å²) >= 11 is 1.49. The third-order valence-electron chi connectivity index (χ3n) is 2.54. The number of carbonyl (C=O) groups is 2. The molecule has 0 aliphatic rings.